The molecule has 76 valence electrons. The highest BCUT2D eigenvalue weighted by atomic mass is 16.1. The molecule has 4 heteroatoms. The Bertz CT molecular complexity index is 197. The lowest BCUT2D eigenvalue weighted by molar-refractivity contribution is -0.124. The van der Waals surface area contributed by atoms with Crippen molar-refractivity contribution in [1.82, 2.24) is 10.2 Å². The second-order valence-corrected chi connectivity index (χ2v) is 4.21. The fourth-order valence-corrected chi connectivity index (χ4v) is 1.55. The molecule has 0 saturated carbocycles. The maximum atomic E-state index is 11.0. The highest BCUT2D eigenvalue weighted by molar-refractivity contribution is 5.77. The molecule has 0 aromatic rings. The first-order valence-electron chi connectivity index (χ1n) is 4.70. The molecule has 1 fully saturated rings. The average molecular weight is 185 g/mol. The van der Waals surface area contributed by atoms with E-state index in [0.717, 1.165) is 13.1 Å². The largest absolute Gasteiger partial charge is 0.358 e. The van der Waals surface area contributed by atoms with Gasteiger partial charge in [0.1, 0.15) is 0 Å². The van der Waals surface area contributed by atoms with Crippen molar-refractivity contribution >= 4 is 5.91 Å². The van der Waals surface area contributed by atoms with Crippen molar-refractivity contribution in [2.45, 2.75) is 19.4 Å². The third kappa shape index (κ3) is 2.19. The number of hydrogen-bond acceptors (Lipinski definition) is 3. The summed E-state index contributed by atoms with van der Waals surface area (Å²) in [6.45, 7) is 6.38. The van der Waals surface area contributed by atoms with E-state index in [1.54, 1.807) is 7.05 Å². The van der Waals surface area contributed by atoms with Crippen molar-refractivity contribution < 1.29 is 4.79 Å². The van der Waals surface area contributed by atoms with E-state index in [0.29, 0.717) is 12.5 Å². The topological polar surface area (TPSA) is 58.4 Å². The molecule has 1 aliphatic heterocycles. The Kier molecular flexibility index (Phi) is 2.93. The Balaban J connectivity index is 2.29. The van der Waals surface area contributed by atoms with Crippen LogP contribution in [0.1, 0.15) is 13.8 Å². The van der Waals surface area contributed by atoms with E-state index in [2.05, 4.69) is 24.1 Å². The van der Waals surface area contributed by atoms with E-state index in [1.807, 2.05) is 0 Å². The monoisotopic (exact) mass is 185 g/mol. The summed E-state index contributed by atoms with van der Waals surface area (Å²) >= 11 is 0. The second kappa shape index (κ2) is 3.64. The number of hydrogen-bond donors (Lipinski definition) is 2. The van der Waals surface area contributed by atoms with E-state index < -0.39 is 0 Å². The van der Waals surface area contributed by atoms with Crippen LogP contribution in [-0.4, -0.2) is 43.0 Å². The minimum atomic E-state index is -0.0754. The Labute approximate surface area is 79.5 Å². The smallest absolute Gasteiger partial charge is 0.233 e. The Hall–Kier alpha value is -0.610. The van der Waals surface area contributed by atoms with Gasteiger partial charge < -0.3 is 11.1 Å². The molecular formula is C9H19N3O. The van der Waals surface area contributed by atoms with Crippen LogP contribution in [-0.2, 0) is 4.79 Å². The van der Waals surface area contributed by atoms with Gasteiger partial charge in [-0.15, -0.1) is 0 Å². The van der Waals surface area contributed by atoms with Crippen LogP contribution in [0.3, 0.4) is 0 Å². The molecule has 1 heterocycles. The minimum absolute atomic E-state index is 0.0609. The minimum Gasteiger partial charge on any atom is -0.358 e. The van der Waals surface area contributed by atoms with Gasteiger partial charge in [0, 0.05) is 25.7 Å². The number of likely N-dealkylation sites (N-methyl/N-ethyl adjacent to an activating group) is 1. The van der Waals surface area contributed by atoms with Gasteiger partial charge in [0.2, 0.25) is 5.91 Å². The fourth-order valence-electron chi connectivity index (χ4n) is 1.55. The highest BCUT2D eigenvalue weighted by Crippen LogP contribution is 2.25. The number of nitrogens with zero attached hydrogens (tertiary/aromatic N) is 1. The maximum absolute atomic E-state index is 11.0. The number of amides is 1. The first-order chi connectivity index (χ1) is 5.98. The maximum Gasteiger partial charge on any atom is 0.233 e. The molecule has 0 unspecified atom stereocenters. The highest BCUT2D eigenvalue weighted by Gasteiger charge is 2.42. The summed E-state index contributed by atoms with van der Waals surface area (Å²) in [5, 5.41) is 2.60. The van der Waals surface area contributed by atoms with Gasteiger partial charge in [-0.05, 0) is 5.92 Å². The molecule has 0 aromatic heterocycles. The van der Waals surface area contributed by atoms with Crippen LogP contribution in [0.25, 0.3) is 0 Å². The molecule has 0 bridgehead atoms. The van der Waals surface area contributed by atoms with Crippen LogP contribution in [0.5, 0.6) is 0 Å². The molecule has 0 aromatic carbocycles. The van der Waals surface area contributed by atoms with Crippen molar-refractivity contribution in [3.63, 3.8) is 0 Å². The zero-order valence-electron chi connectivity index (χ0n) is 8.63. The standard InChI is InChI=1S/C9H19N3O/c1-7(2)9(10)5-12(6-9)4-8(13)11-3/h7H,4-6,10H2,1-3H3,(H,11,13). The summed E-state index contributed by atoms with van der Waals surface area (Å²) in [6, 6.07) is 0. The quantitative estimate of drug-likeness (QED) is 0.617. The third-order valence-corrected chi connectivity index (χ3v) is 2.83. The van der Waals surface area contributed by atoms with Crippen molar-refractivity contribution in [2.24, 2.45) is 11.7 Å². The number of carbonyl (C=O) groups is 1. The molecule has 1 amide bonds. The Morgan fingerprint density at radius 3 is 2.54 bits per heavy atom. The van der Waals surface area contributed by atoms with Crippen LogP contribution in [0.4, 0.5) is 0 Å². The van der Waals surface area contributed by atoms with Crippen LogP contribution in [0.15, 0.2) is 0 Å². The molecule has 4 nitrogen and oxygen atoms in total. The van der Waals surface area contributed by atoms with Gasteiger partial charge in [-0.2, -0.15) is 0 Å². The van der Waals surface area contributed by atoms with Crippen molar-refractivity contribution in [2.75, 3.05) is 26.7 Å². The average Bonchev–Trinajstić information content (AvgIpc) is 2.00. The summed E-state index contributed by atoms with van der Waals surface area (Å²) in [6.07, 6.45) is 0. The van der Waals surface area contributed by atoms with Crippen molar-refractivity contribution in [3.8, 4) is 0 Å². The van der Waals surface area contributed by atoms with Gasteiger partial charge in [0.25, 0.3) is 0 Å². The predicted molar refractivity (Wildman–Crippen MR) is 52.3 cm³/mol. The van der Waals surface area contributed by atoms with Crippen LogP contribution < -0.4 is 11.1 Å². The van der Waals surface area contributed by atoms with Gasteiger partial charge in [0.05, 0.1) is 6.54 Å². The zero-order chi connectivity index (χ0) is 10.1. The summed E-state index contributed by atoms with van der Waals surface area (Å²) in [5.74, 6) is 0.541. The lowest BCUT2D eigenvalue weighted by atomic mass is 9.80. The first-order valence-corrected chi connectivity index (χ1v) is 4.70. The van der Waals surface area contributed by atoms with Gasteiger partial charge in [-0.25, -0.2) is 0 Å². The summed E-state index contributed by atoms with van der Waals surface area (Å²) < 4.78 is 0. The lowest BCUT2D eigenvalue weighted by Gasteiger charge is -2.50. The molecule has 3 N–H and O–H groups in total. The van der Waals surface area contributed by atoms with Gasteiger partial charge in [0.15, 0.2) is 0 Å². The number of carbonyl (C=O) groups excluding carboxylic acids is 1. The summed E-state index contributed by atoms with van der Waals surface area (Å²) in [4.78, 5) is 13.1. The van der Waals surface area contributed by atoms with Crippen LogP contribution >= 0.6 is 0 Å². The van der Waals surface area contributed by atoms with E-state index in [9.17, 15) is 4.79 Å². The molecule has 0 aliphatic carbocycles. The Morgan fingerprint density at radius 1 is 1.62 bits per heavy atom. The van der Waals surface area contributed by atoms with E-state index in [1.165, 1.54) is 0 Å². The fraction of sp³-hybridized carbons (Fsp3) is 0.889. The number of nitrogens with one attached hydrogen (secondary N) is 1. The summed E-state index contributed by atoms with van der Waals surface area (Å²) in [7, 11) is 1.65. The SMILES string of the molecule is CNC(=O)CN1CC(N)(C(C)C)C1. The molecule has 0 atom stereocenters. The molecule has 13 heavy (non-hydrogen) atoms. The molecule has 1 rings (SSSR count). The van der Waals surface area contributed by atoms with E-state index in [-0.39, 0.29) is 11.4 Å². The number of rotatable bonds is 3. The number of nitrogens with two attached hydrogens (primary N) is 1. The number of likely N-dealkylation sites (tertiary alicyclic amines) is 1. The van der Waals surface area contributed by atoms with Gasteiger partial charge in [-0.1, -0.05) is 13.8 Å². The van der Waals surface area contributed by atoms with Crippen LogP contribution in [0, 0.1) is 5.92 Å². The molecule has 0 spiro atoms. The second-order valence-electron chi connectivity index (χ2n) is 4.21. The molecule has 1 saturated heterocycles. The predicted octanol–water partition coefficient (Wildman–Crippen LogP) is -0.598. The molecule has 0 radical (unpaired) electrons. The Morgan fingerprint density at radius 2 is 2.15 bits per heavy atom. The van der Waals surface area contributed by atoms with Gasteiger partial charge in [-0.3, -0.25) is 9.69 Å². The van der Waals surface area contributed by atoms with Crippen molar-refractivity contribution in [3.05, 3.63) is 0 Å². The van der Waals surface area contributed by atoms with Crippen molar-refractivity contribution in [1.29, 1.82) is 0 Å². The lowest BCUT2D eigenvalue weighted by Crippen LogP contribution is -2.70. The summed E-state index contributed by atoms with van der Waals surface area (Å²) in [5.41, 5.74) is 6.00. The van der Waals surface area contributed by atoms with Gasteiger partial charge >= 0.3 is 0 Å². The van der Waals surface area contributed by atoms with Crippen LogP contribution in [0.2, 0.25) is 0 Å². The normalized spacial score (nSPS) is 21.3. The first kappa shape index (κ1) is 10.5. The third-order valence-electron chi connectivity index (χ3n) is 2.83. The molecule has 1 aliphatic rings. The van der Waals surface area contributed by atoms with E-state index in [4.69, 9.17) is 5.73 Å². The zero-order valence-corrected chi connectivity index (χ0v) is 8.63. The molecular weight excluding hydrogens is 166 g/mol. The van der Waals surface area contributed by atoms with E-state index >= 15 is 0 Å².